The van der Waals surface area contributed by atoms with Gasteiger partial charge in [-0.05, 0) is 31.4 Å². The number of aromatic nitrogens is 4. The van der Waals surface area contributed by atoms with Gasteiger partial charge in [0.05, 0.1) is 31.8 Å². The molecule has 15 heteroatoms. The van der Waals surface area contributed by atoms with Gasteiger partial charge in [-0.2, -0.15) is 0 Å². The van der Waals surface area contributed by atoms with Gasteiger partial charge in [-0.25, -0.2) is 9.37 Å². The van der Waals surface area contributed by atoms with Crippen molar-refractivity contribution in [1.82, 2.24) is 30.4 Å². The largest absolute Gasteiger partial charge is 0.418 e. The zero-order chi connectivity index (χ0) is 35.2. The van der Waals surface area contributed by atoms with Crippen molar-refractivity contribution in [3.8, 4) is 5.75 Å². The van der Waals surface area contributed by atoms with Crippen LogP contribution in [0.15, 0.2) is 33.5 Å². The van der Waals surface area contributed by atoms with E-state index < -0.39 is 78.0 Å². The molecule has 0 atom stereocenters. The van der Waals surface area contributed by atoms with Crippen molar-refractivity contribution in [3.63, 3.8) is 0 Å². The second-order valence-electron chi connectivity index (χ2n) is 8.45. The topological polar surface area (TPSA) is 177 Å². The molecule has 2 heterocycles. The van der Waals surface area contributed by atoms with Crippen LogP contribution in [0.1, 0.15) is 66.8 Å². The Kier molecular flexibility index (Phi) is 7.77. The Morgan fingerprint density at radius 3 is 2.49 bits per heavy atom. The number of amides is 2. The van der Waals surface area contributed by atoms with Crippen molar-refractivity contribution in [3.05, 3.63) is 69.3 Å². The monoisotopic (exact) mass is 580 g/mol. The molecule has 0 aliphatic carbocycles. The van der Waals surface area contributed by atoms with Crippen LogP contribution in [0, 0.1) is 12.7 Å². The number of hydrogen-bond donors (Lipinski definition) is 2. The smallest absolute Gasteiger partial charge is 0.313 e. The summed E-state index contributed by atoms with van der Waals surface area (Å²) in [5, 5.41) is 11.2. The lowest BCUT2D eigenvalue weighted by Crippen LogP contribution is -2.46. The molecular formula is C26H31FN6O8. The fourth-order valence-electron chi connectivity index (χ4n) is 3.26. The van der Waals surface area contributed by atoms with Gasteiger partial charge >= 0.3 is 17.8 Å². The molecule has 220 valence electrons. The molecule has 2 aromatic heterocycles. The van der Waals surface area contributed by atoms with Gasteiger partial charge in [0.2, 0.25) is 11.6 Å². The van der Waals surface area contributed by atoms with E-state index in [1.54, 1.807) is 0 Å². The molecule has 41 heavy (non-hydrogen) atoms. The molecule has 14 nitrogen and oxygen atoms in total. The summed E-state index contributed by atoms with van der Waals surface area (Å²) in [4.78, 5) is 56.9. The van der Waals surface area contributed by atoms with Gasteiger partial charge in [-0.3, -0.25) is 23.7 Å². The van der Waals surface area contributed by atoms with Crippen molar-refractivity contribution < 1.29 is 45.6 Å². The van der Waals surface area contributed by atoms with Crippen molar-refractivity contribution >= 4 is 17.8 Å². The fourth-order valence-corrected chi connectivity index (χ4v) is 3.26. The van der Waals surface area contributed by atoms with Crippen molar-refractivity contribution in [1.29, 1.82) is 0 Å². The molecule has 2 N–H and O–H groups in total. The predicted octanol–water partition coefficient (Wildman–Crippen LogP) is 1.16. The second kappa shape index (κ2) is 13.7. The number of esters is 1. The van der Waals surface area contributed by atoms with Gasteiger partial charge in [-0.1, -0.05) is 12.1 Å². The van der Waals surface area contributed by atoms with Gasteiger partial charge < -0.3 is 29.3 Å². The van der Waals surface area contributed by atoms with Gasteiger partial charge in [0.25, 0.3) is 11.5 Å². The van der Waals surface area contributed by atoms with Crippen LogP contribution in [0.2, 0.25) is 0 Å². The minimum atomic E-state index is -3.68. The van der Waals surface area contributed by atoms with E-state index in [0.717, 1.165) is 19.2 Å². The van der Waals surface area contributed by atoms with E-state index in [4.69, 9.17) is 26.9 Å². The molecule has 0 bridgehead atoms. The van der Waals surface area contributed by atoms with Crippen LogP contribution in [-0.2, 0) is 33.4 Å². The number of ether oxygens (including phenoxy) is 3. The summed E-state index contributed by atoms with van der Waals surface area (Å²) >= 11 is 0. The Labute approximate surface area is 242 Å². The third-order valence-corrected chi connectivity index (χ3v) is 5.29. The molecule has 0 aliphatic rings. The van der Waals surface area contributed by atoms with E-state index >= 15 is 0 Å². The van der Waals surface area contributed by atoms with Crippen molar-refractivity contribution in [2.24, 2.45) is 7.05 Å². The normalized spacial score (nSPS) is 14.0. The number of rotatable bonds is 13. The zero-order valence-corrected chi connectivity index (χ0v) is 22.3. The second-order valence-corrected chi connectivity index (χ2v) is 8.45. The lowest BCUT2D eigenvalue weighted by molar-refractivity contribution is -0.135. The number of hydrogen-bond acceptors (Lipinski definition) is 11. The summed E-state index contributed by atoms with van der Waals surface area (Å²) in [7, 11) is 2.35. The van der Waals surface area contributed by atoms with E-state index in [1.165, 1.54) is 26.2 Å². The van der Waals surface area contributed by atoms with Crippen molar-refractivity contribution in [2.45, 2.75) is 39.1 Å². The highest BCUT2D eigenvalue weighted by Crippen LogP contribution is 2.22. The van der Waals surface area contributed by atoms with E-state index in [2.05, 4.69) is 20.5 Å². The third-order valence-electron chi connectivity index (χ3n) is 5.29. The molecule has 3 rings (SSSR count). The molecule has 0 spiro atoms. The minimum Gasteiger partial charge on any atom is -0.418 e. The number of aryl methyl sites for hydroxylation is 1. The van der Waals surface area contributed by atoms with Gasteiger partial charge in [0.1, 0.15) is 11.6 Å². The SMILES string of the molecule is [2H]C([2H])([2H])C(NC(=O)c1nnc(C)o1)(c1nc(C(=O)NCc2ccc(F)cc2)c(OC(=O)CCOCCOC)c(=O)n1C)C([2H])([2H])[2H]. The molecule has 0 unspecified atom stereocenters. The molecule has 1 aromatic carbocycles. The van der Waals surface area contributed by atoms with Crippen LogP contribution >= 0.6 is 0 Å². The van der Waals surface area contributed by atoms with Crippen LogP contribution in [-0.4, -0.2) is 64.5 Å². The molecular weight excluding hydrogens is 543 g/mol. The van der Waals surface area contributed by atoms with E-state index in [0.29, 0.717) is 10.1 Å². The Bertz CT molecular complexity index is 1650. The molecule has 0 fully saturated rings. The lowest BCUT2D eigenvalue weighted by Gasteiger charge is -2.27. The summed E-state index contributed by atoms with van der Waals surface area (Å²) < 4.78 is 83.5. The molecule has 2 amide bonds. The first-order chi connectivity index (χ1) is 21.9. The highest BCUT2D eigenvalue weighted by atomic mass is 19.1. The molecule has 0 saturated heterocycles. The number of methoxy groups -OCH3 is 1. The lowest BCUT2D eigenvalue weighted by atomic mass is 10.0. The van der Waals surface area contributed by atoms with Crippen LogP contribution in [0.25, 0.3) is 0 Å². The summed E-state index contributed by atoms with van der Waals surface area (Å²) in [6.45, 7) is -6.11. The predicted molar refractivity (Wildman–Crippen MR) is 140 cm³/mol. The standard InChI is InChI=1S/C26H31FN6O8/c1-15-31-32-23(40-15)22(36)30-26(2,3)25-29-19(21(35)28-14-16-6-8-17(27)9-7-16)20(24(37)33(25)4)41-18(34)10-11-39-13-12-38-5/h6-9H,10-14H2,1-5H3,(H,28,35)(H,30,36)/i2D3,3D3. The summed E-state index contributed by atoms with van der Waals surface area (Å²) in [5.74, 6) is -7.28. The number of nitrogens with zero attached hydrogens (tertiary/aromatic N) is 4. The summed E-state index contributed by atoms with van der Waals surface area (Å²) in [6.07, 6.45) is -0.403. The average molecular weight is 581 g/mol. The Morgan fingerprint density at radius 2 is 1.85 bits per heavy atom. The zero-order valence-electron chi connectivity index (χ0n) is 28.3. The van der Waals surface area contributed by atoms with E-state index in [1.807, 2.05) is 5.32 Å². The first kappa shape index (κ1) is 23.2. The number of benzene rings is 1. The maximum atomic E-state index is 13.7. The number of nitrogens with one attached hydrogen (secondary N) is 2. The van der Waals surface area contributed by atoms with E-state index in [9.17, 15) is 23.6 Å². The number of carbonyl (C=O) groups excluding carboxylic acids is 3. The van der Waals surface area contributed by atoms with E-state index in [-0.39, 0.29) is 32.3 Å². The highest BCUT2D eigenvalue weighted by molar-refractivity contribution is 5.95. The Balaban J connectivity index is 2.19. The minimum absolute atomic E-state index is 0.107. The first-order valence-electron chi connectivity index (χ1n) is 15.0. The average Bonchev–Trinajstić information content (AvgIpc) is 3.43. The Morgan fingerprint density at radius 1 is 1.12 bits per heavy atom. The van der Waals surface area contributed by atoms with Crippen LogP contribution in [0.5, 0.6) is 5.75 Å². The van der Waals surface area contributed by atoms with Gasteiger partial charge in [0.15, 0.2) is 5.69 Å². The quantitative estimate of drug-likeness (QED) is 0.219. The van der Waals surface area contributed by atoms with Gasteiger partial charge in [-0.15, -0.1) is 10.2 Å². The summed E-state index contributed by atoms with van der Waals surface area (Å²) in [6, 6.07) is 4.91. The molecule has 0 aliphatic heterocycles. The first-order valence-corrected chi connectivity index (χ1v) is 12.0. The van der Waals surface area contributed by atoms with Crippen LogP contribution in [0.3, 0.4) is 0 Å². The summed E-state index contributed by atoms with van der Waals surface area (Å²) in [5.41, 5.74) is -5.43. The maximum absolute atomic E-state index is 13.7. The highest BCUT2D eigenvalue weighted by Gasteiger charge is 2.33. The number of carbonyl (C=O) groups is 3. The molecule has 3 aromatic rings. The molecule has 0 saturated carbocycles. The Hall–Kier alpha value is -4.50. The fraction of sp³-hybridized carbons (Fsp3) is 0.423. The maximum Gasteiger partial charge on any atom is 0.313 e. The van der Waals surface area contributed by atoms with Crippen LogP contribution < -0.4 is 20.9 Å². The van der Waals surface area contributed by atoms with Crippen molar-refractivity contribution in [2.75, 3.05) is 26.9 Å². The van der Waals surface area contributed by atoms with Crippen LogP contribution in [0.4, 0.5) is 4.39 Å². The van der Waals surface area contributed by atoms with Gasteiger partial charge in [0, 0.05) is 35.9 Å². The third kappa shape index (κ3) is 8.25. The number of halogens is 1. The molecule has 0 radical (unpaired) electrons.